The zero-order chi connectivity index (χ0) is 12.3. The summed E-state index contributed by atoms with van der Waals surface area (Å²) in [7, 11) is 0. The van der Waals surface area contributed by atoms with Crippen molar-refractivity contribution in [3.63, 3.8) is 0 Å². The van der Waals surface area contributed by atoms with Gasteiger partial charge in [0.25, 0.3) is 0 Å². The summed E-state index contributed by atoms with van der Waals surface area (Å²) in [4.78, 5) is 0. The van der Waals surface area contributed by atoms with Crippen LogP contribution in [0.3, 0.4) is 0 Å². The molecule has 0 aliphatic heterocycles. The molecule has 2 aromatic rings. The summed E-state index contributed by atoms with van der Waals surface area (Å²) >= 11 is 0.248. The molecule has 0 spiro atoms. The molecular formula is C15H16OSe. The van der Waals surface area contributed by atoms with E-state index in [1.165, 1.54) is 8.92 Å². The number of hydrogen-bond donors (Lipinski definition) is 1. The summed E-state index contributed by atoms with van der Waals surface area (Å²) in [6.07, 6.45) is 0. The van der Waals surface area contributed by atoms with E-state index in [1.807, 2.05) is 38.1 Å². The average Bonchev–Trinajstić information content (AvgIpc) is 2.30. The first-order valence-electron chi connectivity index (χ1n) is 5.62. The summed E-state index contributed by atoms with van der Waals surface area (Å²) in [6, 6.07) is 18.6. The second-order valence-electron chi connectivity index (χ2n) is 4.47. The molecule has 2 aromatic carbocycles. The van der Waals surface area contributed by atoms with E-state index in [2.05, 4.69) is 30.3 Å². The summed E-state index contributed by atoms with van der Waals surface area (Å²) in [6.45, 7) is 3.68. The monoisotopic (exact) mass is 292 g/mol. The molecular weight excluding hydrogens is 275 g/mol. The van der Waals surface area contributed by atoms with E-state index in [-0.39, 0.29) is 15.0 Å². The Hall–Kier alpha value is -1.08. The van der Waals surface area contributed by atoms with Crippen molar-refractivity contribution in [2.45, 2.75) is 19.4 Å². The number of rotatable bonds is 3. The van der Waals surface area contributed by atoms with Crippen LogP contribution in [0.5, 0.6) is 0 Å². The van der Waals surface area contributed by atoms with E-state index >= 15 is 0 Å². The molecule has 0 unspecified atom stereocenters. The zero-order valence-electron chi connectivity index (χ0n) is 10.1. The van der Waals surface area contributed by atoms with Crippen molar-refractivity contribution in [1.29, 1.82) is 0 Å². The van der Waals surface area contributed by atoms with Crippen molar-refractivity contribution in [1.82, 2.24) is 0 Å². The van der Waals surface area contributed by atoms with Crippen LogP contribution in [0.4, 0.5) is 0 Å². The second-order valence-corrected chi connectivity index (χ2v) is 6.81. The van der Waals surface area contributed by atoms with E-state index in [9.17, 15) is 5.11 Å². The van der Waals surface area contributed by atoms with Crippen LogP contribution in [0.2, 0.25) is 0 Å². The molecule has 0 radical (unpaired) electrons. The first kappa shape index (κ1) is 12.4. The molecule has 0 heterocycles. The van der Waals surface area contributed by atoms with Gasteiger partial charge in [0.1, 0.15) is 0 Å². The van der Waals surface area contributed by atoms with Crippen molar-refractivity contribution < 1.29 is 5.11 Å². The predicted molar refractivity (Wildman–Crippen MR) is 73.2 cm³/mol. The van der Waals surface area contributed by atoms with Crippen LogP contribution in [0.25, 0.3) is 0 Å². The third-order valence-electron chi connectivity index (χ3n) is 2.52. The minimum atomic E-state index is -0.771. The molecule has 0 atom stereocenters. The van der Waals surface area contributed by atoms with Crippen molar-refractivity contribution in [3.8, 4) is 0 Å². The Morgan fingerprint density at radius 3 is 2.12 bits per heavy atom. The molecule has 88 valence electrons. The van der Waals surface area contributed by atoms with Crippen LogP contribution in [0, 0.1) is 0 Å². The first-order valence-corrected chi connectivity index (χ1v) is 7.33. The van der Waals surface area contributed by atoms with Crippen LogP contribution in [0.15, 0.2) is 54.6 Å². The van der Waals surface area contributed by atoms with Gasteiger partial charge < -0.3 is 0 Å². The Bertz CT molecular complexity index is 486. The molecule has 2 heteroatoms. The van der Waals surface area contributed by atoms with Gasteiger partial charge in [-0.15, -0.1) is 0 Å². The number of aliphatic hydroxyl groups is 1. The van der Waals surface area contributed by atoms with Crippen LogP contribution in [0.1, 0.15) is 19.4 Å². The molecule has 2 rings (SSSR count). The van der Waals surface area contributed by atoms with E-state index in [4.69, 9.17) is 0 Å². The molecule has 0 amide bonds. The SMILES string of the molecule is CC(C)(O)c1ccccc1[Se]c1ccccc1. The molecule has 1 nitrogen and oxygen atoms in total. The van der Waals surface area contributed by atoms with Gasteiger partial charge in [0.15, 0.2) is 0 Å². The Morgan fingerprint density at radius 2 is 1.47 bits per heavy atom. The van der Waals surface area contributed by atoms with E-state index < -0.39 is 5.60 Å². The molecule has 0 bridgehead atoms. The van der Waals surface area contributed by atoms with Gasteiger partial charge in [-0.1, -0.05) is 0 Å². The molecule has 0 fully saturated rings. The Morgan fingerprint density at radius 1 is 0.882 bits per heavy atom. The van der Waals surface area contributed by atoms with Gasteiger partial charge in [0, 0.05) is 0 Å². The summed E-state index contributed by atoms with van der Waals surface area (Å²) < 4.78 is 2.58. The predicted octanol–water partition coefficient (Wildman–Crippen LogP) is 1.57. The van der Waals surface area contributed by atoms with Crippen LogP contribution in [-0.4, -0.2) is 20.1 Å². The summed E-state index contributed by atoms with van der Waals surface area (Å²) in [5.74, 6) is 0. The van der Waals surface area contributed by atoms with Crippen molar-refractivity contribution in [3.05, 3.63) is 60.2 Å². The third kappa shape index (κ3) is 3.19. The number of hydrogen-bond acceptors (Lipinski definition) is 1. The molecule has 0 saturated carbocycles. The topological polar surface area (TPSA) is 20.2 Å². The van der Waals surface area contributed by atoms with Crippen LogP contribution in [-0.2, 0) is 5.60 Å². The fourth-order valence-electron chi connectivity index (χ4n) is 1.68. The Balaban J connectivity index is 2.34. The summed E-state index contributed by atoms with van der Waals surface area (Å²) in [5, 5.41) is 10.2. The quantitative estimate of drug-likeness (QED) is 0.851. The molecule has 0 aromatic heterocycles. The normalized spacial score (nSPS) is 11.5. The minimum absolute atomic E-state index is 0.248. The van der Waals surface area contributed by atoms with Crippen molar-refractivity contribution >= 4 is 23.9 Å². The fraction of sp³-hybridized carbons (Fsp3) is 0.200. The van der Waals surface area contributed by atoms with E-state index in [1.54, 1.807) is 0 Å². The van der Waals surface area contributed by atoms with Crippen LogP contribution < -0.4 is 8.92 Å². The molecule has 1 N–H and O–H groups in total. The molecule has 0 aliphatic carbocycles. The Labute approximate surface area is 109 Å². The number of benzene rings is 2. The maximum absolute atomic E-state index is 10.2. The fourth-order valence-corrected chi connectivity index (χ4v) is 4.03. The van der Waals surface area contributed by atoms with Crippen LogP contribution >= 0.6 is 0 Å². The van der Waals surface area contributed by atoms with E-state index in [0.29, 0.717) is 0 Å². The zero-order valence-corrected chi connectivity index (χ0v) is 11.8. The summed E-state index contributed by atoms with van der Waals surface area (Å²) in [5.41, 5.74) is 0.261. The maximum atomic E-state index is 10.2. The Kier molecular flexibility index (Phi) is 3.68. The van der Waals surface area contributed by atoms with Gasteiger partial charge in [-0.3, -0.25) is 0 Å². The van der Waals surface area contributed by atoms with Gasteiger partial charge >= 0.3 is 109 Å². The van der Waals surface area contributed by atoms with Crippen molar-refractivity contribution in [2.75, 3.05) is 0 Å². The van der Waals surface area contributed by atoms with Gasteiger partial charge in [0.05, 0.1) is 0 Å². The second kappa shape index (κ2) is 5.05. The first-order chi connectivity index (χ1) is 8.07. The third-order valence-corrected chi connectivity index (χ3v) is 4.79. The molecule has 17 heavy (non-hydrogen) atoms. The molecule has 0 aliphatic rings. The molecule has 0 saturated heterocycles. The van der Waals surface area contributed by atoms with Gasteiger partial charge in [-0.05, 0) is 0 Å². The van der Waals surface area contributed by atoms with Gasteiger partial charge in [-0.25, -0.2) is 0 Å². The van der Waals surface area contributed by atoms with Gasteiger partial charge in [0.2, 0.25) is 0 Å². The van der Waals surface area contributed by atoms with Crippen molar-refractivity contribution in [2.24, 2.45) is 0 Å². The van der Waals surface area contributed by atoms with Gasteiger partial charge in [-0.2, -0.15) is 0 Å². The van der Waals surface area contributed by atoms with E-state index in [0.717, 1.165) is 5.56 Å². The average molecular weight is 291 g/mol. The standard InChI is InChI=1S/C15H16OSe/c1-15(2,16)13-10-6-7-11-14(13)17-12-8-4-3-5-9-12/h3-11,16H,1-2H3.